The number of methoxy groups -OCH3 is 1. The fraction of sp³-hybridized carbons (Fsp3) is 0.818. The van der Waals surface area contributed by atoms with E-state index in [2.05, 4.69) is 10.1 Å². The minimum Gasteiger partial charge on any atom is -0.469 e. The van der Waals surface area contributed by atoms with E-state index in [-0.39, 0.29) is 23.6 Å². The van der Waals surface area contributed by atoms with Crippen molar-refractivity contribution >= 4 is 22.7 Å². The molecule has 1 saturated carbocycles. The molecule has 0 spiro atoms. The van der Waals surface area contributed by atoms with Crippen molar-refractivity contribution in [3.8, 4) is 0 Å². The summed E-state index contributed by atoms with van der Waals surface area (Å²) in [5.41, 5.74) is 0. The van der Waals surface area contributed by atoms with Crippen molar-refractivity contribution in [2.45, 2.75) is 49.7 Å². The Morgan fingerprint density at radius 2 is 2.00 bits per heavy atom. The van der Waals surface area contributed by atoms with E-state index in [0.29, 0.717) is 0 Å². The van der Waals surface area contributed by atoms with Gasteiger partial charge in [0.05, 0.1) is 13.5 Å². The summed E-state index contributed by atoms with van der Waals surface area (Å²) in [6, 6.07) is 0.262. The van der Waals surface area contributed by atoms with Gasteiger partial charge in [0.25, 0.3) is 0 Å². The van der Waals surface area contributed by atoms with Crippen LogP contribution in [0.3, 0.4) is 0 Å². The molecule has 98 valence electrons. The molecule has 1 aliphatic carbocycles. The third kappa shape index (κ3) is 4.46. The summed E-state index contributed by atoms with van der Waals surface area (Å²) >= 11 is 0. The summed E-state index contributed by atoms with van der Waals surface area (Å²) < 4.78 is 16.5. The SMILES string of the molecule is COC(=O)CC(C)S(=O)C(C)C(=O)NC1CC1. The summed E-state index contributed by atoms with van der Waals surface area (Å²) in [7, 11) is -0.0705. The fourth-order valence-electron chi connectivity index (χ4n) is 1.40. The number of carbonyl (C=O) groups is 2. The van der Waals surface area contributed by atoms with E-state index < -0.39 is 22.0 Å². The zero-order valence-corrected chi connectivity index (χ0v) is 11.2. The molecule has 3 atom stereocenters. The third-order valence-electron chi connectivity index (χ3n) is 2.72. The lowest BCUT2D eigenvalue weighted by atomic mass is 10.3. The van der Waals surface area contributed by atoms with Crippen LogP contribution in [0, 0.1) is 0 Å². The lowest BCUT2D eigenvalue weighted by Gasteiger charge is -2.16. The number of nitrogens with one attached hydrogen (secondary N) is 1. The Bertz CT molecular complexity index is 327. The van der Waals surface area contributed by atoms with Crippen LogP contribution in [0.2, 0.25) is 0 Å². The molecule has 1 amide bonds. The molecule has 1 fully saturated rings. The minimum absolute atomic E-state index is 0.0736. The van der Waals surface area contributed by atoms with E-state index in [1.165, 1.54) is 7.11 Å². The monoisotopic (exact) mass is 261 g/mol. The van der Waals surface area contributed by atoms with E-state index in [9.17, 15) is 13.8 Å². The van der Waals surface area contributed by atoms with Crippen molar-refractivity contribution in [1.82, 2.24) is 5.32 Å². The molecular formula is C11H19NO4S. The highest BCUT2D eigenvalue weighted by Crippen LogP contribution is 2.19. The molecule has 3 unspecified atom stereocenters. The maximum atomic E-state index is 12.0. The van der Waals surface area contributed by atoms with Gasteiger partial charge in [-0.1, -0.05) is 6.92 Å². The quantitative estimate of drug-likeness (QED) is 0.700. The Morgan fingerprint density at radius 1 is 1.41 bits per heavy atom. The van der Waals surface area contributed by atoms with Crippen molar-refractivity contribution in [1.29, 1.82) is 0 Å². The smallest absolute Gasteiger partial charge is 0.306 e. The lowest BCUT2D eigenvalue weighted by molar-refractivity contribution is -0.140. The van der Waals surface area contributed by atoms with Gasteiger partial charge in [-0.2, -0.15) is 0 Å². The third-order valence-corrected chi connectivity index (χ3v) is 4.59. The van der Waals surface area contributed by atoms with Gasteiger partial charge in [0.1, 0.15) is 5.25 Å². The van der Waals surface area contributed by atoms with E-state index >= 15 is 0 Å². The molecule has 0 radical (unpaired) electrons. The van der Waals surface area contributed by atoms with Crippen LogP contribution < -0.4 is 5.32 Å². The van der Waals surface area contributed by atoms with E-state index in [0.717, 1.165) is 12.8 Å². The second-order valence-corrected chi connectivity index (χ2v) is 6.51. The van der Waals surface area contributed by atoms with Crippen LogP contribution in [-0.4, -0.2) is 39.7 Å². The molecule has 6 heteroatoms. The van der Waals surface area contributed by atoms with Gasteiger partial charge in [-0.15, -0.1) is 0 Å². The van der Waals surface area contributed by atoms with Crippen molar-refractivity contribution < 1.29 is 18.5 Å². The maximum absolute atomic E-state index is 12.0. The number of rotatable bonds is 6. The highest BCUT2D eigenvalue weighted by Gasteiger charge is 2.30. The second kappa shape index (κ2) is 6.14. The Morgan fingerprint density at radius 3 is 2.47 bits per heavy atom. The number of ether oxygens (including phenoxy) is 1. The van der Waals surface area contributed by atoms with E-state index in [1.807, 2.05) is 0 Å². The first kappa shape index (κ1) is 14.2. The van der Waals surface area contributed by atoms with Crippen molar-refractivity contribution in [3.63, 3.8) is 0 Å². The van der Waals surface area contributed by atoms with Gasteiger partial charge >= 0.3 is 5.97 Å². The summed E-state index contributed by atoms with van der Waals surface area (Å²) in [6.45, 7) is 3.32. The first-order chi connectivity index (χ1) is 7.95. The van der Waals surface area contributed by atoms with Crippen molar-refractivity contribution in [2.75, 3.05) is 7.11 Å². The molecule has 0 saturated heterocycles. The highest BCUT2D eigenvalue weighted by molar-refractivity contribution is 7.87. The summed E-state index contributed by atoms with van der Waals surface area (Å²) in [6.07, 6.45) is 2.08. The molecule has 0 aliphatic heterocycles. The van der Waals surface area contributed by atoms with Crippen LogP contribution in [0.5, 0.6) is 0 Å². The molecule has 1 N–H and O–H groups in total. The molecule has 0 aromatic heterocycles. The molecule has 0 bridgehead atoms. The summed E-state index contributed by atoms with van der Waals surface area (Å²) in [5, 5.41) is 1.85. The molecule has 0 heterocycles. The summed E-state index contributed by atoms with van der Waals surface area (Å²) in [5.74, 6) is -0.594. The normalized spacial score (nSPS) is 20.2. The summed E-state index contributed by atoms with van der Waals surface area (Å²) in [4.78, 5) is 22.7. The lowest BCUT2D eigenvalue weighted by Crippen LogP contribution is -2.39. The van der Waals surface area contributed by atoms with Crippen molar-refractivity contribution in [2.24, 2.45) is 0 Å². The number of esters is 1. The van der Waals surface area contributed by atoms with Gasteiger partial charge in [-0.05, 0) is 19.8 Å². The van der Waals surface area contributed by atoms with Crippen LogP contribution in [-0.2, 0) is 25.1 Å². The largest absolute Gasteiger partial charge is 0.469 e. The van der Waals surface area contributed by atoms with Gasteiger partial charge in [0.2, 0.25) is 5.91 Å². The molecule has 1 aliphatic rings. The van der Waals surface area contributed by atoms with E-state index in [1.54, 1.807) is 13.8 Å². The number of carbonyl (C=O) groups excluding carboxylic acids is 2. The Balaban J connectivity index is 2.43. The number of hydrogen-bond donors (Lipinski definition) is 1. The zero-order valence-electron chi connectivity index (χ0n) is 10.4. The first-order valence-corrected chi connectivity index (χ1v) is 7.00. The van der Waals surface area contributed by atoms with Gasteiger partial charge in [-0.3, -0.25) is 13.8 Å². The molecule has 0 aromatic carbocycles. The topological polar surface area (TPSA) is 72.5 Å². The zero-order chi connectivity index (χ0) is 13.0. The number of hydrogen-bond acceptors (Lipinski definition) is 4. The minimum atomic E-state index is -1.36. The number of amides is 1. The molecular weight excluding hydrogens is 242 g/mol. The molecule has 5 nitrogen and oxygen atoms in total. The Labute approximate surface area is 104 Å². The Kier molecular flexibility index (Phi) is 5.11. The van der Waals surface area contributed by atoms with Gasteiger partial charge in [-0.25, -0.2) is 0 Å². The van der Waals surface area contributed by atoms with Gasteiger partial charge in [0, 0.05) is 22.1 Å². The second-order valence-electron chi connectivity index (χ2n) is 4.34. The first-order valence-electron chi connectivity index (χ1n) is 5.72. The predicted molar refractivity (Wildman–Crippen MR) is 64.9 cm³/mol. The van der Waals surface area contributed by atoms with Crippen LogP contribution in [0.1, 0.15) is 33.1 Å². The highest BCUT2D eigenvalue weighted by atomic mass is 32.2. The van der Waals surface area contributed by atoms with Crippen LogP contribution >= 0.6 is 0 Å². The van der Waals surface area contributed by atoms with Crippen molar-refractivity contribution in [3.05, 3.63) is 0 Å². The molecule has 17 heavy (non-hydrogen) atoms. The van der Waals surface area contributed by atoms with Gasteiger partial charge in [0.15, 0.2) is 0 Å². The molecule has 0 aromatic rings. The average Bonchev–Trinajstić information content (AvgIpc) is 3.10. The standard InChI is InChI=1S/C11H19NO4S/c1-7(6-10(13)16-3)17(15)8(2)11(14)12-9-4-5-9/h7-9H,4-6H2,1-3H3,(H,12,14). The van der Waals surface area contributed by atoms with Crippen LogP contribution in [0.25, 0.3) is 0 Å². The van der Waals surface area contributed by atoms with E-state index in [4.69, 9.17) is 0 Å². The van der Waals surface area contributed by atoms with Gasteiger partial charge < -0.3 is 10.1 Å². The predicted octanol–water partition coefficient (Wildman–Crippen LogP) is 0.354. The maximum Gasteiger partial charge on any atom is 0.306 e. The average molecular weight is 261 g/mol. The fourth-order valence-corrected chi connectivity index (χ4v) is 2.68. The molecule has 1 rings (SSSR count). The van der Waals surface area contributed by atoms with Crippen LogP contribution in [0.4, 0.5) is 0 Å². The Hall–Kier alpha value is -0.910. The van der Waals surface area contributed by atoms with Crippen LogP contribution in [0.15, 0.2) is 0 Å².